The summed E-state index contributed by atoms with van der Waals surface area (Å²) in [4.78, 5) is 66.1. The van der Waals surface area contributed by atoms with E-state index in [-0.39, 0.29) is 19.7 Å². The number of hydrogen-bond acceptors (Lipinski definition) is 9. The second-order valence-corrected chi connectivity index (χ2v) is 9.09. The molecule has 1 aromatic carbocycles. The van der Waals surface area contributed by atoms with E-state index in [2.05, 4.69) is 15.4 Å². The maximum Gasteiger partial charge on any atom is 0.408 e. The number of benzene rings is 1. The Balaban J connectivity index is 1.61. The zero-order chi connectivity index (χ0) is 27.7. The van der Waals surface area contributed by atoms with E-state index in [0.29, 0.717) is 25.7 Å². The second kappa shape index (κ2) is 13.7. The minimum absolute atomic E-state index is 0.0185. The van der Waals surface area contributed by atoms with E-state index in [1.165, 1.54) is 9.80 Å². The van der Waals surface area contributed by atoms with Gasteiger partial charge in [0.05, 0.1) is 20.3 Å². The quantitative estimate of drug-likeness (QED) is 0.272. The van der Waals surface area contributed by atoms with Crippen LogP contribution in [0.3, 0.4) is 0 Å². The number of carbonyl (C=O) groups excluding carboxylic acids is 5. The van der Waals surface area contributed by atoms with Gasteiger partial charge >= 0.3 is 12.1 Å². The number of esters is 1. The highest BCUT2D eigenvalue weighted by Gasteiger charge is 2.44. The molecule has 2 heterocycles. The average molecular weight is 535 g/mol. The molecular formula is C25H34N4O9. The molecule has 4 atom stereocenters. The van der Waals surface area contributed by atoms with Crippen molar-refractivity contribution in [3.8, 4) is 0 Å². The number of aliphatic hydroxyl groups excluding tert-OH is 2. The lowest BCUT2D eigenvalue weighted by atomic mass is 10.1. The molecule has 38 heavy (non-hydrogen) atoms. The van der Waals surface area contributed by atoms with Crippen molar-refractivity contribution >= 4 is 29.8 Å². The third-order valence-electron chi connectivity index (χ3n) is 6.63. The second-order valence-electron chi connectivity index (χ2n) is 9.09. The van der Waals surface area contributed by atoms with Crippen LogP contribution in [0.1, 0.15) is 31.2 Å². The van der Waals surface area contributed by atoms with Crippen molar-refractivity contribution in [1.82, 2.24) is 20.4 Å². The summed E-state index contributed by atoms with van der Waals surface area (Å²) in [6.45, 7) is -0.846. The normalized spacial score (nSPS) is 20.4. The number of hydrogen-bond donors (Lipinski definition) is 4. The Labute approximate surface area is 220 Å². The number of amides is 4. The summed E-state index contributed by atoms with van der Waals surface area (Å²) < 4.78 is 9.70. The average Bonchev–Trinajstić information content (AvgIpc) is 3.63. The third-order valence-corrected chi connectivity index (χ3v) is 6.63. The fraction of sp³-hybridized carbons (Fsp3) is 0.560. The Morgan fingerprint density at radius 2 is 1.55 bits per heavy atom. The molecule has 2 aliphatic heterocycles. The van der Waals surface area contributed by atoms with Gasteiger partial charge in [-0.3, -0.25) is 14.4 Å². The van der Waals surface area contributed by atoms with E-state index < -0.39 is 67.2 Å². The minimum atomic E-state index is -1.31. The van der Waals surface area contributed by atoms with Gasteiger partial charge in [-0.05, 0) is 31.2 Å². The number of rotatable bonds is 10. The van der Waals surface area contributed by atoms with Crippen LogP contribution in [-0.2, 0) is 35.3 Å². The Hall–Kier alpha value is -3.71. The molecule has 1 aromatic rings. The Bertz CT molecular complexity index is 1010. The first-order valence-electron chi connectivity index (χ1n) is 12.5. The molecule has 1 unspecified atom stereocenters. The molecule has 0 aliphatic carbocycles. The van der Waals surface area contributed by atoms with Gasteiger partial charge in [-0.15, -0.1) is 0 Å². The van der Waals surface area contributed by atoms with E-state index in [9.17, 15) is 34.2 Å². The standard InChI is InChI=1S/C25H34N4O9/c1-37-24(35)18(14-31)26-21(32)19-9-5-11-28(19)23(34)20-10-6-12-29(20)22(33)17(13-30)27-25(36)38-15-16-7-3-2-4-8-16/h2-4,7-8,17-20,30-31H,5-6,9-15H2,1H3,(H,26,32)(H,27,36)/t17-,18?,19-,20-/m0/s1. The SMILES string of the molecule is COC(=O)C(CO)NC(=O)[C@@H]1CCCN1C(=O)[C@@H]1CCCN1C(=O)[C@H](CO)NC(=O)OCc1ccccc1. The molecule has 0 saturated carbocycles. The summed E-state index contributed by atoms with van der Waals surface area (Å²) in [5.41, 5.74) is 0.751. The largest absolute Gasteiger partial charge is 0.467 e. The number of methoxy groups -OCH3 is 1. The fourth-order valence-corrected chi connectivity index (χ4v) is 4.66. The zero-order valence-electron chi connectivity index (χ0n) is 21.2. The molecule has 0 aromatic heterocycles. The van der Waals surface area contributed by atoms with Gasteiger partial charge in [0.25, 0.3) is 0 Å². The molecular weight excluding hydrogens is 500 g/mol. The molecule has 0 radical (unpaired) electrons. The van der Waals surface area contributed by atoms with Gasteiger partial charge in [0.15, 0.2) is 6.04 Å². The van der Waals surface area contributed by atoms with Crippen molar-refractivity contribution in [3.63, 3.8) is 0 Å². The molecule has 4 amide bonds. The van der Waals surface area contributed by atoms with Crippen molar-refractivity contribution in [2.24, 2.45) is 0 Å². The van der Waals surface area contributed by atoms with Crippen LogP contribution in [0.25, 0.3) is 0 Å². The van der Waals surface area contributed by atoms with Crippen molar-refractivity contribution in [2.75, 3.05) is 33.4 Å². The predicted octanol–water partition coefficient (Wildman–Crippen LogP) is -1.09. The number of carbonyl (C=O) groups is 5. The number of alkyl carbamates (subject to hydrolysis) is 1. The monoisotopic (exact) mass is 534 g/mol. The molecule has 13 nitrogen and oxygen atoms in total. The van der Waals surface area contributed by atoms with Gasteiger partial charge in [0, 0.05) is 13.1 Å². The molecule has 2 aliphatic rings. The summed E-state index contributed by atoms with van der Waals surface area (Å²) >= 11 is 0. The molecule has 0 bridgehead atoms. The first kappa shape index (κ1) is 28.9. The Morgan fingerprint density at radius 1 is 0.921 bits per heavy atom. The van der Waals surface area contributed by atoms with Crippen molar-refractivity contribution in [2.45, 2.75) is 56.5 Å². The topological polar surface area (TPSA) is 175 Å². The molecule has 2 fully saturated rings. The van der Waals surface area contributed by atoms with Gasteiger partial charge in [0.2, 0.25) is 17.7 Å². The lowest BCUT2D eigenvalue weighted by Gasteiger charge is -2.32. The first-order chi connectivity index (χ1) is 18.3. The van der Waals surface area contributed by atoms with Gasteiger partial charge in [-0.25, -0.2) is 9.59 Å². The summed E-state index contributed by atoms with van der Waals surface area (Å²) in [5.74, 6) is -2.48. The fourth-order valence-electron chi connectivity index (χ4n) is 4.66. The minimum Gasteiger partial charge on any atom is -0.467 e. The van der Waals surface area contributed by atoms with Crippen molar-refractivity contribution in [3.05, 3.63) is 35.9 Å². The number of nitrogens with one attached hydrogen (secondary N) is 2. The smallest absolute Gasteiger partial charge is 0.408 e. The maximum atomic E-state index is 13.5. The Morgan fingerprint density at radius 3 is 2.18 bits per heavy atom. The summed E-state index contributed by atoms with van der Waals surface area (Å²) in [7, 11) is 1.13. The van der Waals surface area contributed by atoms with Gasteiger partial charge in [-0.1, -0.05) is 30.3 Å². The van der Waals surface area contributed by atoms with Gasteiger partial charge < -0.3 is 40.1 Å². The van der Waals surface area contributed by atoms with Crippen LogP contribution in [0.2, 0.25) is 0 Å². The van der Waals surface area contributed by atoms with Gasteiger partial charge in [0.1, 0.15) is 24.7 Å². The number of aliphatic hydroxyl groups is 2. The molecule has 2 saturated heterocycles. The molecule has 208 valence electrons. The molecule has 13 heteroatoms. The van der Waals surface area contributed by atoms with Crippen LogP contribution in [-0.4, -0.2) is 107 Å². The zero-order valence-corrected chi connectivity index (χ0v) is 21.2. The van der Waals surface area contributed by atoms with E-state index in [1.54, 1.807) is 24.3 Å². The van der Waals surface area contributed by atoms with E-state index in [4.69, 9.17) is 4.74 Å². The number of ether oxygens (including phenoxy) is 2. The number of nitrogens with zero attached hydrogens (tertiary/aromatic N) is 2. The van der Waals surface area contributed by atoms with Crippen LogP contribution in [0, 0.1) is 0 Å². The van der Waals surface area contributed by atoms with Crippen molar-refractivity contribution in [1.29, 1.82) is 0 Å². The molecule has 4 N–H and O–H groups in total. The van der Waals surface area contributed by atoms with Gasteiger partial charge in [-0.2, -0.15) is 0 Å². The number of likely N-dealkylation sites (tertiary alicyclic amines) is 2. The van der Waals surface area contributed by atoms with Crippen LogP contribution < -0.4 is 10.6 Å². The first-order valence-corrected chi connectivity index (χ1v) is 12.5. The third kappa shape index (κ3) is 6.98. The van der Waals surface area contributed by atoms with Crippen molar-refractivity contribution < 1.29 is 43.7 Å². The molecule has 3 rings (SSSR count). The van der Waals surface area contributed by atoms with Crippen LogP contribution in [0.5, 0.6) is 0 Å². The lowest BCUT2D eigenvalue weighted by Crippen LogP contribution is -2.58. The van der Waals surface area contributed by atoms with E-state index in [1.807, 2.05) is 6.07 Å². The highest BCUT2D eigenvalue weighted by molar-refractivity contribution is 5.95. The summed E-state index contributed by atoms with van der Waals surface area (Å²) in [6, 6.07) is 4.63. The lowest BCUT2D eigenvalue weighted by molar-refractivity contribution is -0.149. The van der Waals surface area contributed by atoms with E-state index in [0.717, 1.165) is 12.7 Å². The van der Waals surface area contributed by atoms with Crippen LogP contribution >= 0.6 is 0 Å². The Kier molecular flexibility index (Phi) is 10.4. The van der Waals surface area contributed by atoms with Crippen LogP contribution in [0.15, 0.2) is 30.3 Å². The highest BCUT2D eigenvalue weighted by atomic mass is 16.5. The predicted molar refractivity (Wildman–Crippen MR) is 131 cm³/mol. The highest BCUT2D eigenvalue weighted by Crippen LogP contribution is 2.25. The summed E-state index contributed by atoms with van der Waals surface area (Å²) in [5, 5.41) is 23.9. The summed E-state index contributed by atoms with van der Waals surface area (Å²) in [6.07, 6.45) is 0.890. The van der Waals surface area contributed by atoms with Crippen LogP contribution in [0.4, 0.5) is 4.79 Å². The van der Waals surface area contributed by atoms with E-state index >= 15 is 0 Å². The maximum absolute atomic E-state index is 13.5. The molecule has 0 spiro atoms.